The molecule has 0 bridgehead atoms. The highest BCUT2D eigenvalue weighted by molar-refractivity contribution is 9.10. The molecule has 0 spiro atoms. The number of rotatable bonds is 7. The van der Waals surface area contributed by atoms with E-state index in [9.17, 15) is 0 Å². The molecular weight excluding hydrogens is 446 g/mol. The maximum Gasteiger partial charge on any atom is 0.134 e. The van der Waals surface area contributed by atoms with Crippen LogP contribution in [0.4, 0.5) is 5.82 Å². The van der Waals surface area contributed by atoms with Gasteiger partial charge < -0.3 is 10.2 Å². The Hall–Kier alpha value is -2.17. The molecule has 2 aliphatic rings. The summed E-state index contributed by atoms with van der Waals surface area (Å²) in [6, 6.07) is 19.6. The summed E-state index contributed by atoms with van der Waals surface area (Å²) in [5, 5.41) is 3.72. The van der Waals surface area contributed by atoms with E-state index in [4.69, 9.17) is 4.98 Å². The average Bonchev–Trinajstić information content (AvgIpc) is 3.15. The topological polar surface area (TPSA) is 28.2 Å². The first kappa shape index (κ1) is 20.7. The van der Waals surface area contributed by atoms with Crippen LogP contribution >= 0.6 is 15.9 Å². The van der Waals surface area contributed by atoms with E-state index in [-0.39, 0.29) is 0 Å². The lowest BCUT2D eigenvalue weighted by atomic mass is 10.0. The molecule has 2 heterocycles. The molecule has 0 radical (unpaired) electrons. The largest absolute Gasteiger partial charge is 0.369 e. The van der Waals surface area contributed by atoms with Crippen LogP contribution in [-0.2, 0) is 12.8 Å². The number of aromatic nitrogens is 1. The summed E-state index contributed by atoms with van der Waals surface area (Å²) in [6.45, 7) is 4.68. The second kappa shape index (κ2) is 9.54. The van der Waals surface area contributed by atoms with E-state index in [1.54, 1.807) is 0 Å². The van der Waals surface area contributed by atoms with E-state index in [1.165, 1.54) is 66.7 Å². The first-order chi connectivity index (χ1) is 15.3. The number of halogens is 1. The fourth-order valence-electron chi connectivity index (χ4n) is 4.97. The van der Waals surface area contributed by atoms with Gasteiger partial charge in [0, 0.05) is 28.7 Å². The molecular formula is C27H30BrN3. The summed E-state index contributed by atoms with van der Waals surface area (Å²) in [4.78, 5) is 7.72. The maximum absolute atomic E-state index is 5.11. The second-order valence-corrected chi connectivity index (χ2v) is 9.74. The normalized spacial score (nSPS) is 15.5. The molecule has 31 heavy (non-hydrogen) atoms. The van der Waals surface area contributed by atoms with Gasteiger partial charge in [0.05, 0.1) is 0 Å². The summed E-state index contributed by atoms with van der Waals surface area (Å²) in [7, 11) is 0. The molecule has 0 saturated carbocycles. The van der Waals surface area contributed by atoms with Gasteiger partial charge in [0.15, 0.2) is 0 Å². The molecule has 160 valence electrons. The lowest BCUT2D eigenvalue weighted by molar-refractivity contribution is 0.228. The number of benzene rings is 2. The number of anilines is 1. The van der Waals surface area contributed by atoms with E-state index >= 15 is 0 Å². The highest BCUT2D eigenvalue weighted by Crippen LogP contribution is 2.42. The van der Waals surface area contributed by atoms with Crippen molar-refractivity contribution >= 4 is 21.7 Å². The fourth-order valence-corrected chi connectivity index (χ4v) is 5.38. The van der Waals surface area contributed by atoms with Crippen LogP contribution in [0.3, 0.4) is 0 Å². The Balaban J connectivity index is 1.37. The Bertz CT molecular complexity index is 1040. The summed E-state index contributed by atoms with van der Waals surface area (Å²) in [6.07, 6.45) is 7.13. The van der Waals surface area contributed by atoms with Gasteiger partial charge in [0.25, 0.3) is 0 Å². The minimum Gasteiger partial charge on any atom is -0.369 e. The number of nitrogens with one attached hydrogen (secondary N) is 1. The van der Waals surface area contributed by atoms with Crippen LogP contribution < -0.4 is 5.32 Å². The molecule has 0 amide bonds. The number of nitrogens with zero attached hydrogens (tertiary/aromatic N) is 2. The molecule has 1 aliphatic heterocycles. The van der Waals surface area contributed by atoms with Gasteiger partial charge in [0.1, 0.15) is 5.82 Å². The highest BCUT2D eigenvalue weighted by Gasteiger charge is 2.24. The molecule has 3 nitrogen and oxygen atoms in total. The molecule has 0 atom stereocenters. The van der Waals surface area contributed by atoms with E-state index < -0.39 is 0 Å². The third kappa shape index (κ3) is 4.86. The third-order valence-electron chi connectivity index (χ3n) is 6.49. The maximum atomic E-state index is 5.11. The number of likely N-dealkylation sites (tertiary alicyclic amines) is 1. The number of pyridine rings is 1. The van der Waals surface area contributed by atoms with E-state index in [2.05, 4.69) is 80.7 Å². The zero-order valence-electron chi connectivity index (χ0n) is 18.0. The van der Waals surface area contributed by atoms with Gasteiger partial charge in [-0.25, -0.2) is 4.98 Å². The molecule has 3 aromatic rings. The smallest absolute Gasteiger partial charge is 0.134 e. The standard InChI is InChI=1S/C27H30BrN3/c28-23-10-11-25-21(18-23)17-22-19-24(16-20-8-3-1-4-9-20)30-27(26(22)25)29-12-7-15-31-13-5-2-6-14-31/h1,3-4,8-11,18-19H,2,5-7,12-17H2,(H,29,30). The first-order valence-corrected chi connectivity index (χ1v) is 12.4. The Morgan fingerprint density at radius 3 is 2.61 bits per heavy atom. The van der Waals surface area contributed by atoms with Gasteiger partial charge in [-0.2, -0.15) is 0 Å². The Morgan fingerprint density at radius 2 is 1.77 bits per heavy atom. The van der Waals surface area contributed by atoms with Gasteiger partial charge in [-0.15, -0.1) is 0 Å². The summed E-state index contributed by atoms with van der Waals surface area (Å²) < 4.78 is 1.15. The molecule has 5 rings (SSSR count). The van der Waals surface area contributed by atoms with Crippen LogP contribution in [0.5, 0.6) is 0 Å². The zero-order valence-corrected chi connectivity index (χ0v) is 19.6. The van der Waals surface area contributed by atoms with Crippen LogP contribution in [0.25, 0.3) is 11.1 Å². The number of hydrogen-bond acceptors (Lipinski definition) is 3. The number of piperidine rings is 1. The average molecular weight is 476 g/mol. The van der Waals surface area contributed by atoms with Crippen LogP contribution in [-0.4, -0.2) is 36.1 Å². The van der Waals surface area contributed by atoms with Gasteiger partial charge in [-0.1, -0.05) is 58.7 Å². The quantitative estimate of drug-likeness (QED) is 0.318. The minimum atomic E-state index is 0.872. The summed E-state index contributed by atoms with van der Waals surface area (Å²) in [5.74, 6) is 1.06. The van der Waals surface area contributed by atoms with Gasteiger partial charge >= 0.3 is 0 Å². The van der Waals surface area contributed by atoms with E-state index in [0.29, 0.717) is 0 Å². The lowest BCUT2D eigenvalue weighted by Crippen LogP contribution is -2.31. The van der Waals surface area contributed by atoms with Crippen LogP contribution in [0.1, 0.15) is 48.1 Å². The van der Waals surface area contributed by atoms with Crippen LogP contribution in [0.2, 0.25) is 0 Å². The molecule has 2 aromatic carbocycles. The molecule has 1 N–H and O–H groups in total. The lowest BCUT2D eigenvalue weighted by Gasteiger charge is -2.26. The van der Waals surface area contributed by atoms with Gasteiger partial charge in [-0.3, -0.25) is 0 Å². The highest BCUT2D eigenvalue weighted by atomic mass is 79.9. The van der Waals surface area contributed by atoms with Crippen molar-refractivity contribution in [3.05, 3.63) is 81.5 Å². The van der Waals surface area contributed by atoms with Crippen molar-refractivity contribution in [2.45, 2.75) is 38.5 Å². The number of fused-ring (bicyclic) bond motifs is 3. The summed E-state index contributed by atoms with van der Waals surface area (Å²) in [5.41, 5.74) is 7.87. The molecule has 1 saturated heterocycles. The SMILES string of the molecule is Brc1ccc2c(c1)Cc1cc(Cc3ccccc3)nc(NCCCN3CCCCC3)c1-2. The molecule has 0 unspecified atom stereocenters. The third-order valence-corrected chi connectivity index (χ3v) is 6.99. The molecule has 1 aliphatic carbocycles. The predicted molar refractivity (Wildman–Crippen MR) is 133 cm³/mol. The Morgan fingerprint density at radius 1 is 0.935 bits per heavy atom. The number of hydrogen-bond donors (Lipinski definition) is 1. The van der Waals surface area contributed by atoms with Crippen molar-refractivity contribution in [2.75, 3.05) is 31.5 Å². The van der Waals surface area contributed by atoms with Crippen LogP contribution in [0, 0.1) is 0 Å². The molecule has 1 fully saturated rings. The van der Waals surface area contributed by atoms with E-state index in [0.717, 1.165) is 41.8 Å². The zero-order chi connectivity index (χ0) is 21.0. The van der Waals surface area contributed by atoms with Crippen molar-refractivity contribution in [3.8, 4) is 11.1 Å². The van der Waals surface area contributed by atoms with Crippen LogP contribution in [0.15, 0.2) is 59.1 Å². The van der Waals surface area contributed by atoms with Crippen molar-refractivity contribution < 1.29 is 0 Å². The first-order valence-electron chi connectivity index (χ1n) is 11.6. The van der Waals surface area contributed by atoms with Crippen molar-refractivity contribution in [2.24, 2.45) is 0 Å². The van der Waals surface area contributed by atoms with Crippen molar-refractivity contribution in [1.29, 1.82) is 0 Å². The van der Waals surface area contributed by atoms with Crippen molar-refractivity contribution in [3.63, 3.8) is 0 Å². The van der Waals surface area contributed by atoms with Gasteiger partial charge in [0.2, 0.25) is 0 Å². The summed E-state index contributed by atoms with van der Waals surface area (Å²) >= 11 is 3.64. The Labute approximate surface area is 194 Å². The monoisotopic (exact) mass is 475 g/mol. The van der Waals surface area contributed by atoms with Gasteiger partial charge in [-0.05, 0) is 85.8 Å². The minimum absolute atomic E-state index is 0.872. The predicted octanol–water partition coefficient (Wildman–Crippen LogP) is 6.29. The van der Waals surface area contributed by atoms with E-state index in [1.807, 2.05) is 0 Å². The van der Waals surface area contributed by atoms with Crippen molar-refractivity contribution in [1.82, 2.24) is 9.88 Å². The fraction of sp³-hybridized carbons (Fsp3) is 0.370. The Kier molecular flexibility index (Phi) is 6.37. The second-order valence-electron chi connectivity index (χ2n) is 8.82. The molecule has 1 aromatic heterocycles. The molecule has 4 heteroatoms.